The van der Waals surface area contributed by atoms with Gasteiger partial charge in [-0.3, -0.25) is 0 Å². The van der Waals surface area contributed by atoms with Gasteiger partial charge >= 0.3 is 0 Å². The molecule has 1 unspecified atom stereocenters. The van der Waals surface area contributed by atoms with E-state index in [1.165, 1.54) is 24.0 Å². The zero-order chi connectivity index (χ0) is 12.3. The number of aryl methyl sites for hydroxylation is 2. The van der Waals surface area contributed by atoms with E-state index < -0.39 is 0 Å². The summed E-state index contributed by atoms with van der Waals surface area (Å²) in [6, 6.07) is 4.37. The van der Waals surface area contributed by atoms with Gasteiger partial charge in [-0.1, -0.05) is 6.92 Å². The summed E-state index contributed by atoms with van der Waals surface area (Å²) in [5, 5.41) is 0. The Morgan fingerprint density at radius 2 is 2.12 bits per heavy atom. The molecule has 0 heterocycles. The average molecular weight is 234 g/mol. The van der Waals surface area contributed by atoms with Gasteiger partial charge in [-0.15, -0.1) is 0 Å². The van der Waals surface area contributed by atoms with Crippen molar-refractivity contribution in [3.63, 3.8) is 0 Å². The normalized spacial score (nSPS) is 18.2. The maximum atomic E-state index is 5.72. The number of fused-ring (bicyclic) bond motifs is 1. The van der Waals surface area contributed by atoms with E-state index in [1.807, 2.05) is 6.92 Å². The standard InChI is InChI=1S/C15H22O2/c1-4-16-7-8-17-14-9-12(3)15-11(2)5-6-13(15)10-14/h9-11H,4-8H2,1-3H3. The number of hydrogen-bond acceptors (Lipinski definition) is 2. The van der Waals surface area contributed by atoms with Gasteiger partial charge < -0.3 is 9.47 Å². The predicted molar refractivity (Wildman–Crippen MR) is 69.9 cm³/mol. The fourth-order valence-corrected chi connectivity index (χ4v) is 2.71. The summed E-state index contributed by atoms with van der Waals surface area (Å²) in [4.78, 5) is 0. The van der Waals surface area contributed by atoms with E-state index in [4.69, 9.17) is 9.47 Å². The van der Waals surface area contributed by atoms with Crippen molar-refractivity contribution in [3.05, 3.63) is 28.8 Å². The Morgan fingerprint density at radius 3 is 2.88 bits per heavy atom. The van der Waals surface area contributed by atoms with Gasteiger partial charge in [-0.25, -0.2) is 0 Å². The first-order valence-corrected chi connectivity index (χ1v) is 6.56. The Balaban J connectivity index is 2.03. The van der Waals surface area contributed by atoms with Gasteiger partial charge in [-0.2, -0.15) is 0 Å². The SMILES string of the molecule is CCOCCOc1cc(C)c2c(c1)CCC2C. The molecule has 0 fully saturated rings. The van der Waals surface area contributed by atoms with Crippen LogP contribution in [0.4, 0.5) is 0 Å². The molecular weight excluding hydrogens is 212 g/mol. The van der Waals surface area contributed by atoms with Crippen LogP contribution in [0.3, 0.4) is 0 Å². The lowest BCUT2D eigenvalue weighted by Gasteiger charge is -2.12. The summed E-state index contributed by atoms with van der Waals surface area (Å²) in [5.41, 5.74) is 4.39. The van der Waals surface area contributed by atoms with Crippen molar-refractivity contribution in [1.82, 2.24) is 0 Å². The van der Waals surface area contributed by atoms with Crippen molar-refractivity contribution in [3.8, 4) is 5.75 Å². The van der Waals surface area contributed by atoms with Crippen LogP contribution in [-0.4, -0.2) is 19.8 Å². The Morgan fingerprint density at radius 1 is 1.29 bits per heavy atom. The summed E-state index contributed by atoms with van der Waals surface area (Å²) in [6.07, 6.45) is 2.47. The first-order chi connectivity index (χ1) is 8.22. The van der Waals surface area contributed by atoms with E-state index >= 15 is 0 Å². The Hall–Kier alpha value is -1.02. The smallest absolute Gasteiger partial charge is 0.119 e. The molecular formula is C15H22O2. The first kappa shape index (κ1) is 12.4. The molecule has 2 rings (SSSR count). The molecule has 94 valence electrons. The zero-order valence-electron chi connectivity index (χ0n) is 11.1. The molecule has 17 heavy (non-hydrogen) atoms. The maximum absolute atomic E-state index is 5.72. The van der Waals surface area contributed by atoms with Gasteiger partial charge in [0, 0.05) is 6.61 Å². The Bertz CT molecular complexity index is 385. The van der Waals surface area contributed by atoms with E-state index in [-0.39, 0.29) is 0 Å². The van der Waals surface area contributed by atoms with E-state index in [0.717, 1.165) is 12.4 Å². The number of benzene rings is 1. The third kappa shape index (κ3) is 2.81. The molecule has 0 N–H and O–H groups in total. The molecule has 0 saturated heterocycles. The lowest BCUT2D eigenvalue weighted by atomic mass is 9.98. The molecule has 0 aliphatic heterocycles. The molecule has 1 aliphatic rings. The van der Waals surface area contributed by atoms with Gasteiger partial charge in [0.25, 0.3) is 0 Å². The van der Waals surface area contributed by atoms with Crippen LogP contribution in [-0.2, 0) is 11.2 Å². The molecule has 1 atom stereocenters. The average Bonchev–Trinajstić information content (AvgIpc) is 2.67. The zero-order valence-corrected chi connectivity index (χ0v) is 11.1. The Labute approximate surface area is 104 Å². The highest BCUT2D eigenvalue weighted by Crippen LogP contribution is 2.37. The van der Waals surface area contributed by atoms with E-state index in [1.54, 1.807) is 5.56 Å². The minimum atomic E-state index is 0.640. The number of ether oxygens (including phenoxy) is 2. The topological polar surface area (TPSA) is 18.5 Å². The third-order valence-corrected chi connectivity index (χ3v) is 3.49. The molecule has 1 aliphatic carbocycles. The van der Waals surface area contributed by atoms with Crippen molar-refractivity contribution in [1.29, 1.82) is 0 Å². The lowest BCUT2D eigenvalue weighted by Crippen LogP contribution is -2.07. The molecule has 2 heteroatoms. The molecule has 2 nitrogen and oxygen atoms in total. The van der Waals surface area contributed by atoms with Gasteiger partial charge in [0.05, 0.1) is 6.61 Å². The second-order valence-electron chi connectivity index (χ2n) is 4.80. The minimum absolute atomic E-state index is 0.640. The van der Waals surface area contributed by atoms with Crippen LogP contribution in [0.5, 0.6) is 5.75 Å². The first-order valence-electron chi connectivity index (χ1n) is 6.56. The van der Waals surface area contributed by atoms with Crippen molar-refractivity contribution in [2.75, 3.05) is 19.8 Å². The predicted octanol–water partition coefficient (Wildman–Crippen LogP) is 3.46. The fraction of sp³-hybridized carbons (Fsp3) is 0.600. The van der Waals surface area contributed by atoms with Gasteiger partial charge in [0.2, 0.25) is 0 Å². The van der Waals surface area contributed by atoms with Crippen LogP contribution in [0.1, 0.15) is 42.9 Å². The van der Waals surface area contributed by atoms with Crippen molar-refractivity contribution in [2.24, 2.45) is 0 Å². The summed E-state index contributed by atoms with van der Waals surface area (Å²) >= 11 is 0. The van der Waals surface area contributed by atoms with Gasteiger partial charge in [0.1, 0.15) is 12.4 Å². The second kappa shape index (κ2) is 5.54. The molecule has 0 amide bonds. The van der Waals surface area contributed by atoms with Gasteiger partial charge in [0.15, 0.2) is 0 Å². The maximum Gasteiger partial charge on any atom is 0.119 e. The summed E-state index contributed by atoms with van der Waals surface area (Å²) in [6.45, 7) is 8.57. The minimum Gasteiger partial charge on any atom is -0.491 e. The number of rotatable bonds is 5. The van der Waals surface area contributed by atoms with Gasteiger partial charge in [-0.05, 0) is 61.4 Å². The third-order valence-electron chi connectivity index (χ3n) is 3.49. The highest BCUT2D eigenvalue weighted by molar-refractivity contribution is 5.46. The van der Waals surface area contributed by atoms with Crippen LogP contribution >= 0.6 is 0 Å². The van der Waals surface area contributed by atoms with Crippen LogP contribution in [0, 0.1) is 6.92 Å². The lowest BCUT2D eigenvalue weighted by molar-refractivity contribution is 0.110. The number of hydrogen-bond donors (Lipinski definition) is 0. The highest BCUT2D eigenvalue weighted by atomic mass is 16.5. The quantitative estimate of drug-likeness (QED) is 0.726. The largest absolute Gasteiger partial charge is 0.491 e. The van der Waals surface area contributed by atoms with Crippen LogP contribution in [0.25, 0.3) is 0 Å². The molecule has 1 aromatic carbocycles. The highest BCUT2D eigenvalue weighted by Gasteiger charge is 2.21. The monoisotopic (exact) mass is 234 g/mol. The van der Waals surface area contributed by atoms with E-state index in [0.29, 0.717) is 19.1 Å². The fourth-order valence-electron chi connectivity index (χ4n) is 2.71. The van der Waals surface area contributed by atoms with Crippen LogP contribution in [0.15, 0.2) is 12.1 Å². The molecule has 0 saturated carbocycles. The van der Waals surface area contributed by atoms with Crippen molar-refractivity contribution >= 4 is 0 Å². The summed E-state index contributed by atoms with van der Waals surface area (Å²) in [5.74, 6) is 1.71. The van der Waals surface area contributed by atoms with E-state index in [2.05, 4.69) is 26.0 Å². The van der Waals surface area contributed by atoms with Crippen molar-refractivity contribution in [2.45, 2.75) is 39.5 Å². The van der Waals surface area contributed by atoms with Crippen molar-refractivity contribution < 1.29 is 9.47 Å². The second-order valence-corrected chi connectivity index (χ2v) is 4.80. The molecule has 0 aromatic heterocycles. The summed E-state index contributed by atoms with van der Waals surface area (Å²) < 4.78 is 11.0. The molecule has 0 spiro atoms. The molecule has 1 aromatic rings. The van der Waals surface area contributed by atoms with Crippen LogP contribution in [0.2, 0.25) is 0 Å². The summed E-state index contributed by atoms with van der Waals surface area (Å²) in [7, 11) is 0. The van der Waals surface area contributed by atoms with E-state index in [9.17, 15) is 0 Å². The van der Waals surface area contributed by atoms with Crippen LogP contribution < -0.4 is 4.74 Å². The molecule has 0 bridgehead atoms. The Kier molecular flexibility index (Phi) is 4.06. The molecule has 0 radical (unpaired) electrons.